The molecule has 1 aromatic rings. The van der Waals surface area contributed by atoms with Crippen LogP contribution in [0.5, 0.6) is 0 Å². The van der Waals surface area contributed by atoms with Crippen molar-refractivity contribution in [2.75, 3.05) is 20.1 Å². The average molecular weight is 284 g/mol. The molecule has 0 aromatic carbocycles. The maximum absolute atomic E-state index is 11.9. The Kier molecular flexibility index (Phi) is 4.13. The average Bonchev–Trinajstić information content (AvgIpc) is 2.91. The molecule has 1 saturated heterocycles. The molecule has 1 aromatic heterocycles. The maximum atomic E-state index is 11.9. The lowest BCUT2D eigenvalue weighted by molar-refractivity contribution is 0.0825. The Bertz CT molecular complexity index is 550. The van der Waals surface area contributed by atoms with E-state index in [1.807, 2.05) is 5.01 Å². The van der Waals surface area contributed by atoms with Crippen LogP contribution in [0, 0.1) is 0 Å². The van der Waals surface area contributed by atoms with Crippen molar-refractivity contribution in [3.63, 3.8) is 0 Å². The SMILES string of the molecule is CNS(=O)(=O)c1ccc(C(=O)NN2CCCC2)cn1. The Morgan fingerprint density at radius 3 is 2.53 bits per heavy atom. The molecule has 7 nitrogen and oxygen atoms in total. The summed E-state index contributed by atoms with van der Waals surface area (Å²) in [5.41, 5.74) is 3.09. The van der Waals surface area contributed by atoms with Crippen LogP contribution < -0.4 is 10.1 Å². The zero-order chi connectivity index (χ0) is 13.9. The molecule has 0 radical (unpaired) electrons. The third-order valence-corrected chi connectivity index (χ3v) is 4.24. The minimum Gasteiger partial charge on any atom is -0.285 e. The summed E-state index contributed by atoms with van der Waals surface area (Å²) in [5, 5.41) is 1.74. The summed E-state index contributed by atoms with van der Waals surface area (Å²) in [7, 11) is -2.26. The lowest BCUT2D eigenvalue weighted by atomic mass is 10.3. The number of sulfonamides is 1. The molecular weight excluding hydrogens is 268 g/mol. The van der Waals surface area contributed by atoms with E-state index in [0.717, 1.165) is 25.9 Å². The molecule has 1 aliphatic rings. The minimum absolute atomic E-state index is 0.104. The number of nitrogens with zero attached hydrogens (tertiary/aromatic N) is 2. The number of hydrazine groups is 1. The second kappa shape index (κ2) is 5.64. The number of amides is 1. The largest absolute Gasteiger partial charge is 0.285 e. The Hall–Kier alpha value is -1.51. The first kappa shape index (κ1) is 13.9. The number of carbonyl (C=O) groups is 1. The van der Waals surface area contributed by atoms with Gasteiger partial charge in [0, 0.05) is 19.3 Å². The fourth-order valence-corrected chi connectivity index (χ4v) is 2.46. The van der Waals surface area contributed by atoms with Gasteiger partial charge in [-0.15, -0.1) is 0 Å². The number of hydrogen-bond donors (Lipinski definition) is 2. The number of pyridine rings is 1. The second-order valence-electron chi connectivity index (χ2n) is 4.23. The highest BCUT2D eigenvalue weighted by Gasteiger charge is 2.17. The molecule has 0 unspecified atom stereocenters. The normalized spacial score (nSPS) is 16.5. The highest BCUT2D eigenvalue weighted by Crippen LogP contribution is 2.08. The highest BCUT2D eigenvalue weighted by atomic mass is 32.2. The Morgan fingerprint density at radius 2 is 2.00 bits per heavy atom. The summed E-state index contributed by atoms with van der Waals surface area (Å²) in [6.07, 6.45) is 3.39. The van der Waals surface area contributed by atoms with Crippen molar-refractivity contribution in [1.82, 2.24) is 20.1 Å². The predicted octanol–water partition coefficient (Wildman–Crippen LogP) is -0.270. The summed E-state index contributed by atoms with van der Waals surface area (Å²) in [5.74, 6) is -0.275. The van der Waals surface area contributed by atoms with Gasteiger partial charge in [0.05, 0.1) is 5.56 Å². The molecule has 0 atom stereocenters. The van der Waals surface area contributed by atoms with Crippen molar-refractivity contribution in [1.29, 1.82) is 0 Å². The standard InChI is InChI=1S/C11H16N4O3S/c1-12-19(17,18)10-5-4-9(8-13-10)11(16)14-15-6-2-3-7-15/h4-5,8,12H,2-3,6-7H2,1H3,(H,14,16). The topological polar surface area (TPSA) is 91.4 Å². The molecule has 104 valence electrons. The van der Waals surface area contributed by atoms with Gasteiger partial charge in [-0.25, -0.2) is 23.1 Å². The molecule has 0 aliphatic carbocycles. The van der Waals surface area contributed by atoms with Crippen LogP contribution >= 0.6 is 0 Å². The highest BCUT2D eigenvalue weighted by molar-refractivity contribution is 7.89. The van der Waals surface area contributed by atoms with E-state index in [2.05, 4.69) is 15.1 Å². The Balaban J connectivity index is 2.07. The van der Waals surface area contributed by atoms with Gasteiger partial charge in [0.2, 0.25) is 0 Å². The number of rotatable bonds is 4. The molecule has 2 N–H and O–H groups in total. The quantitative estimate of drug-likeness (QED) is 0.794. The summed E-state index contributed by atoms with van der Waals surface area (Å²) in [4.78, 5) is 15.7. The van der Waals surface area contributed by atoms with Gasteiger partial charge in [0.1, 0.15) is 0 Å². The van der Waals surface area contributed by atoms with E-state index in [1.54, 1.807) is 0 Å². The van der Waals surface area contributed by atoms with Gasteiger partial charge in [-0.2, -0.15) is 0 Å². The predicted molar refractivity (Wildman–Crippen MR) is 68.8 cm³/mol. The van der Waals surface area contributed by atoms with Crippen LogP contribution in [0.3, 0.4) is 0 Å². The number of nitrogens with one attached hydrogen (secondary N) is 2. The van der Waals surface area contributed by atoms with Crippen LogP contribution in [0.2, 0.25) is 0 Å². The van der Waals surface area contributed by atoms with Crippen LogP contribution in [-0.4, -0.2) is 44.5 Å². The minimum atomic E-state index is -3.57. The van der Waals surface area contributed by atoms with E-state index in [9.17, 15) is 13.2 Å². The lowest BCUT2D eigenvalue weighted by Crippen LogP contribution is -2.40. The van der Waals surface area contributed by atoms with E-state index in [4.69, 9.17) is 0 Å². The van der Waals surface area contributed by atoms with Gasteiger partial charge < -0.3 is 0 Å². The summed E-state index contributed by atoms with van der Waals surface area (Å²) in [6.45, 7) is 1.68. The third-order valence-electron chi connectivity index (χ3n) is 2.91. The molecule has 0 saturated carbocycles. The maximum Gasteiger partial charge on any atom is 0.267 e. The van der Waals surface area contributed by atoms with Gasteiger partial charge in [0.15, 0.2) is 5.03 Å². The van der Waals surface area contributed by atoms with Gasteiger partial charge in [-0.1, -0.05) is 0 Å². The van der Waals surface area contributed by atoms with Crippen molar-refractivity contribution < 1.29 is 13.2 Å². The fraction of sp³-hybridized carbons (Fsp3) is 0.455. The van der Waals surface area contributed by atoms with Gasteiger partial charge in [0.25, 0.3) is 15.9 Å². The first-order chi connectivity index (χ1) is 9.03. The molecule has 2 heterocycles. The van der Waals surface area contributed by atoms with E-state index < -0.39 is 10.0 Å². The fourth-order valence-electron chi connectivity index (χ4n) is 1.82. The third kappa shape index (κ3) is 3.28. The zero-order valence-corrected chi connectivity index (χ0v) is 11.4. The van der Waals surface area contributed by atoms with Gasteiger partial charge >= 0.3 is 0 Å². The van der Waals surface area contributed by atoms with Crippen molar-refractivity contribution in [3.8, 4) is 0 Å². The van der Waals surface area contributed by atoms with Crippen molar-refractivity contribution >= 4 is 15.9 Å². The molecule has 19 heavy (non-hydrogen) atoms. The van der Waals surface area contributed by atoms with Crippen molar-refractivity contribution in [2.45, 2.75) is 17.9 Å². The molecule has 1 amide bonds. The summed E-state index contributed by atoms with van der Waals surface area (Å²) < 4.78 is 25.1. The Labute approximate surface area is 112 Å². The second-order valence-corrected chi connectivity index (χ2v) is 6.06. The van der Waals surface area contributed by atoms with Crippen LogP contribution in [-0.2, 0) is 10.0 Å². The summed E-state index contributed by atoms with van der Waals surface area (Å²) in [6, 6.07) is 2.76. The van der Waals surface area contributed by atoms with Gasteiger partial charge in [-0.05, 0) is 32.0 Å². The Morgan fingerprint density at radius 1 is 1.32 bits per heavy atom. The van der Waals surface area contributed by atoms with Crippen LogP contribution in [0.25, 0.3) is 0 Å². The zero-order valence-electron chi connectivity index (χ0n) is 10.6. The molecule has 1 aliphatic heterocycles. The molecule has 0 bridgehead atoms. The van der Waals surface area contributed by atoms with Gasteiger partial charge in [-0.3, -0.25) is 10.2 Å². The molecule has 1 fully saturated rings. The molecule has 2 rings (SSSR count). The first-order valence-corrected chi connectivity index (χ1v) is 7.47. The summed E-state index contributed by atoms with van der Waals surface area (Å²) >= 11 is 0. The van der Waals surface area contributed by atoms with Crippen LogP contribution in [0.1, 0.15) is 23.2 Å². The number of aromatic nitrogens is 1. The van der Waals surface area contributed by atoms with Crippen molar-refractivity contribution in [3.05, 3.63) is 23.9 Å². The van der Waals surface area contributed by atoms with Crippen molar-refractivity contribution in [2.24, 2.45) is 0 Å². The van der Waals surface area contributed by atoms with E-state index in [0.29, 0.717) is 5.56 Å². The first-order valence-electron chi connectivity index (χ1n) is 5.98. The lowest BCUT2D eigenvalue weighted by Gasteiger charge is -2.15. The van der Waals surface area contributed by atoms with E-state index >= 15 is 0 Å². The van der Waals surface area contributed by atoms with E-state index in [1.165, 1.54) is 25.4 Å². The monoisotopic (exact) mass is 284 g/mol. The van der Waals surface area contributed by atoms with E-state index in [-0.39, 0.29) is 10.9 Å². The molecule has 0 spiro atoms. The molecular formula is C11H16N4O3S. The number of carbonyl (C=O) groups excluding carboxylic acids is 1. The number of hydrogen-bond acceptors (Lipinski definition) is 5. The molecule has 8 heteroatoms. The smallest absolute Gasteiger partial charge is 0.267 e. The van der Waals surface area contributed by atoms with Crippen LogP contribution in [0.15, 0.2) is 23.4 Å². The van der Waals surface area contributed by atoms with Crippen LogP contribution in [0.4, 0.5) is 0 Å².